The van der Waals surface area contributed by atoms with Gasteiger partial charge in [-0.05, 0) is 56.2 Å². The summed E-state index contributed by atoms with van der Waals surface area (Å²) in [5.74, 6) is 0.949. The third-order valence-corrected chi connectivity index (χ3v) is 6.75. The quantitative estimate of drug-likeness (QED) is 0.685. The van der Waals surface area contributed by atoms with E-state index < -0.39 is 0 Å². The highest BCUT2D eigenvalue weighted by Crippen LogP contribution is 2.23. The van der Waals surface area contributed by atoms with Crippen LogP contribution in [0.25, 0.3) is 0 Å². The first-order chi connectivity index (χ1) is 13.5. The number of nitrogens with zero attached hydrogens (tertiary/aromatic N) is 3. The van der Waals surface area contributed by atoms with Gasteiger partial charge in [-0.2, -0.15) is 0 Å². The maximum Gasteiger partial charge on any atom is 0.226 e. The van der Waals surface area contributed by atoms with Crippen molar-refractivity contribution in [2.24, 2.45) is 5.92 Å². The lowest BCUT2D eigenvalue weighted by molar-refractivity contribution is -0.133. The Balaban J connectivity index is 1.44. The van der Waals surface area contributed by atoms with Crippen molar-refractivity contribution in [3.63, 3.8) is 0 Å². The smallest absolute Gasteiger partial charge is 0.226 e. The van der Waals surface area contributed by atoms with Gasteiger partial charge in [-0.1, -0.05) is 12.1 Å². The molecule has 0 unspecified atom stereocenters. The molecule has 5 nitrogen and oxygen atoms in total. The van der Waals surface area contributed by atoms with Gasteiger partial charge in [0, 0.05) is 50.6 Å². The van der Waals surface area contributed by atoms with E-state index in [0.29, 0.717) is 18.8 Å². The van der Waals surface area contributed by atoms with Gasteiger partial charge in [0.05, 0.1) is 6.42 Å². The zero-order chi connectivity index (χ0) is 19.9. The van der Waals surface area contributed by atoms with E-state index in [-0.39, 0.29) is 11.8 Å². The van der Waals surface area contributed by atoms with Crippen LogP contribution in [-0.4, -0.2) is 79.1 Å². The molecule has 28 heavy (non-hydrogen) atoms. The lowest BCUT2D eigenvalue weighted by Crippen LogP contribution is -2.47. The van der Waals surface area contributed by atoms with Gasteiger partial charge >= 0.3 is 0 Å². The highest BCUT2D eigenvalue weighted by molar-refractivity contribution is 7.98. The number of carbonyl (C=O) groups is 2. The van der Waals surface area contributed by atoms with Crippen LogP contribution in [0.4, 0.5) is 0 Å². The number of thioether (sulfide) groups is 1. The standard InChI is InChI=1S/C22H33N3O2S/c1-23-12-14-24(15-13-23)21(26)10-7-19-4-3-11-25(17-19)22(27)16-18-5-8-20(28-2)9-6-18/h5-6,8-9,19H,3-4,7,10-17H2,1-2H3/t19-/m1/s1. The second-order valence-electron chi connectivity index (χ2n) is 8.10. The first kappa shape index (κ1) is 21.2. The molecule has 1 aromatic carbocycles. The molecule has 2 saturated heterocycles. The SMILES string of the molecule is CSc1ccc(CC(=O)N2CCC[C@H](CCC(=O)N3CCN(C)CC3)C2)cc1. The molecule has 0 N–H and O–H groups in total. The molecular formula is C22H33N3O2S. The number of hydrogen-bond acceptors (Lipinski definition) is 4. The summed E-state index contributed by atoms with van der Waals surface area (Å²) in [6, 6.07) is 8.27. The van der Waals surface area contributed by atoms with Crippen LogP contribution < -0.4 is 0 Å². The summed E-state index contributed by atoms with van der Waals surface area (Å²) < 4.78 is 0. The molecular weight excluding hydrogens is 370 g/mol. The number of amides is 2. The van der Waals surface area contributed by atoms with Crippen LogP contribution in [0.2, 0.25) is 0 Å². The summed E-state index contributed by atoms with van der Waals surface area (Å²) in [5.41, 5.74) is 1.08. The van der Waals surface area contributed by atoms with Gasteiger partial charge in [-0.25, -0.2) is 0 Å². The van der Waals surface area contributed by atoms with Crippen molar-refractivity contribution in [2.75, 3.05) is 52.6 Å². The number of benzene rings is 1. The van der Waals surface area contributed by atoms with Gasteiger partial charge in [0.15, 0.2) is 0 Å². The Kier molecular flexibility index (Phi) is 7.80. The Labute approximate surface area is 173 Å². The fraction of sp³-hybridized carbons (Fsp3) is 0.636. The average Bonchev–Trinajstić information content (AvgIpc) is 2.73. The minimum Gasteiger partial charge on any atom is -0.342 e. The van der Waals surface area contributed by atoms with Crippen molar-refractivity contribution < 1.29 is 9.59 Å². The lowest BCUT2D eigenvalue weighted by atomic mass is 9.92. The average molecular weight is 404 g/mol. The van der Waals surface area contributed by atoms with Crippen LogP contribution in [0.15, 0.2) is 29.2 Å². The number of rotatable bonds is 6. The van der Waals surface area contributed by atoms with Gasteiger partial charge in [-0.15, -0.1) is 11.8 Å². The van der Waals surface area contributed by atoms with Crippen LogP contribution in [-0.2, 0) is 16.0 Å². The summed E-state index contributed by atoms with van der Waals surface area (Å²) in [4.78, 5) is 32.7. The van der Waals surface area contributed by atoms with Crippen LogP contribution in [0, 0.1) is 5.92 Å². The van der Waals surface area contributed by atoms with Gasteiger partial charge in [0.25, 0.3) is 0 Å². The Morgan fingerprint density at radius 3 is 2.39 bits per heavy atom. The normalized spacial score (nSPS) is 21.0. The fourth-order valence-electron chi connectivity index (χ4n) is 4.10. The predicted octanol–water partition coefficient (Wildman–Crippen LogP) is 2.74. The third kappa shape index (κ3) is 5.98. The van der Waals surface area contributed by atoms with E-state index in [0.717, 1.165) is 64.1 Å². The number of carbonyl (C=O) groups excluding carboxylic acids is 2. The Bertz CT molecular complexity index is 656. The van der Waals surface area contributed by atoms with Crippen molar-refractivity contribution in [2.45, 2.75) is 37.0 Å². The second kappa shape index (κ2) is 10.3. The Morgan fingerprint density at radius 2 is 1.71 bits per heavy atom. The van der Waals surface area contributed by atoms with Gasteiger partial charge in [0.1, 0.15) is 0 Å². The number of likely N-dealkylation sites (N-methyl/N-ethyl adjacent to an activating group) is 1. The molecule has 0 spiro atoms. The fourth-order valence-corrected chi connectivity index (χ4v) is 4.51. The summed E-state index contributed by atoms with van der Waals surface area (Å²) in [5, 5.41) is 0. The van der Waals surface area contributed by atoms with Gasteiger partial charge in [-0.3, -0.25) is 9.59 Å². The van der Waals surface area contributed by atoms with Crippen molar-refractivity contribution in [3.05, 3.63) is 29.8 Å². The van der Waals surface area contributed by atoms with Crippen molar-refractivity contribution in [3.8, 4) is 0 Å². The first-order valence-electron chi connectivity index (χ1n) is 10.4. The van der Waals surface area contributed by atoms with Crippen LogP contribution in [0.1, 0.15) is 31.2 Å². The van der Waals surface area contributed by atoms with Crippen molar-refractivity contribution in [1.29, 1.82) is 0 Å². The molecule has 6 heteroatoms. The zero-order valence-corrected chi connectivity index (χ0v) is 18.0. The Morgan fingerprint density at radius 1 is 1.00 bits per heavy atom. The number of piperidine rings is 1. The number of likely N-dealkylation sites (tertiary alicyclic amines) is 1. The predicted molar refractivity (Wildman–Crippen MR) is 115 cm³/mol. The van der Waals surface area contributed by atoms with Crippen LogP contribution >= 0.6 is 11.8 Å². The largest absolute Gasteiger partial charge is 0.342 e. The second-order valence-corrected chi connectivity index (χ2v) is 8.98. The van der Waals surface area contributed by atoms with E-state index in [2.05, 4.69) is 42.5 Å². The van der Waals surface area contributed by atoms with Crippen molar-refractivity contribution >= 4 is 23.6 Å². The number of piperazine rings is 1. The summed E-state index contributed by atoms with van der Waals surface area (Å²) in [6.07, 6.45) is 6.22. The molecule has 0 saturated carbocycles. The molecule has 3 rings (SSSR count). The molecule has 1 atom stereocenters. The molecule has 0 aliphatic carbocycles. The number of hydrogen-bond donors (Lipinski definition) is 0. The Hall–Kier alpha value is -1.53. The monoisotopic (exact) mass is 403 g/mol. The minimum atomic E-state index is 0.215. The molecule has 2 aliphatic rings. The third-order valence-electron chi connectivity index (χ3n) is 6.01. The van der Waals surface area contributed by atoms with Crippen molar-refractivity contribution in [1.82, 2.24) is 14.7 Å². The highest BCUT2D eigenvalue weighted by atomic mass is 32.2. The summed E-state index contributed by atoms with van der Waals surface area (Å²) in [7, 11) is 2.10. The van der Waals surface area contributed by atoms with Gasteiger partial charge < -0.3 is 14.7 Å². The molecule has 1 aromatic rings. The molecule has 0 bridgehead atoms. The van der Waals surface area contributed by atoms with E-state index >= 15 is 0 Å². The van der Waals surface area contributed by atoms with Crippen LogP contribution in [0.5, 0.6) is 0 Å². The molecule has 0 aromatic heterocycles. The van der Waals surface area contributed by atoms with E-state index in [1.807, 2.05) is 9.80 Å². The maximum absolute atomic E-state index is 12.7. The molecule has 154 valence electrons. The van der Waals surface area contributed by atoms with Gasteiger partial charge in [0.2, 0.25) is 11.8 Å². The minimum absolute atomic E-state index is 0.215. The summed E-state index contributed by atoms with van der Waals surface area (Å²) >= 11 is 1.71. The maximum atomic E-state index is 12.7. The van der Waals surface area contributed by atoms with Crippen LogP contribution in [0.3, 0.4) is 0 Å². The van der Waals surface area contributed by atoms with E-state index in [9.17, 15) is 9.59 Å². The highest BCUT2D eigenvalue weighted by Gasteiger charge is 2.25. The molecule has 0 radical (unpaired) electrons. The van der Waals surface area contributed by atoms with E-state index in [1.54, 1.807) is 11.8 Å². The van der Waals surface area contributed by atoms with E-state index in [4.69, 9.17) is 0 Å². The topological polar surface area (TPSA) is 43.9 Å². The zero-order valence-electron chi connectivity index (χ0n) is 17.2. The summed E-state index contributed by atoms with van der Waals surface area (Å²) in [6.45, 7) is 5.28. The van der Waals surface area contributed by atoms with E-state index in [1.165, 1.54) is 4.90 Å². The molecule has 2 aliphatic heterocycles. The first-order valence-corrected chi connectivity index (χ1v) is 11.6. The molecule has 2 heterocycles. The molecule has 2 amide bonds. The molecule has 2 fully saturated rings. The lowest BCUT2D eigenvalue weighted by Gasteiger charge is -2.34.